The zero-order valence-electron chi connectivity index (χ0n) is 11.6. The van der Waals surface area contributed by atoms with E-state index in [4.69, 9.17) is 5.73 Å². The Morgan fingerprint density at radius 3 is 2.95 bits per heavy atom. The van der Waals surface area contributed by atoms with Gasteiger partial charge in [0.2, 0.25) is 0 Å². The number of thiophene rings is 1. The maximum absolute atomic E-state index is 13.5. The van der Waals surface area contributed by atoms with Crippen LogP contribution in [0.3, 0.4) is 0 Å². The highest BCUT2D eigenvalue weighted by atomic mass is 32.1. The summed E-state index contributed by atoms with van der Waals surface area (Å²) in [6.45, 7) is 3.89. The Balaban J connectivity index is 1.89. The van der Waals surface area contributed by atoms with Gasteiger partial charge < -0.3 is 5.73 Å². The molecule has 0 amide bonds. The van der Waals surface area contributed by atoms with Crippen LogP contribution in [0.4, 0.5) is 4.39 Å². The minimum absolute atomic E-state index is 0.0306. The van der Waals surface area contributed by atoms with E-state index in [0.717, 1.165) is 25.1 Å². The van der Waals surface area contributed by atoms with Gasteiger partial charge >= 0.3 is 0 Å². The molecule has 0 bridgehead atoms. The molecule has 4 heteroatoms. The van der Waals surface area contributed by atoms with Gasteiger partial charge in [-0.05, 0) is 48.1 Å². The monoisotopic (exact) mass is 290 g/mol. The third-order valence-corrected chi connectivity index (χ3v) is 4.94. The van der Waals surface area contributed by atoms with E-state index in [1.165, 1.54) is 16.5 Å². The molecule has 0 spiro atoms. The van der Waals surface area contributed by atoms with Gasteiger partial charge in [-0.3, -0.25) is 4.90 Å². The summed E-state index contributed by atoms with van der Waals surface area (Å²) in [6.07, 6.45) is 1.06. The molecule has 1 aliphatic rings. The molecule has 0 saturated carbocycles. The number of hydrogen-bond acceptors (Lipinski definition) is 3. The van der Waals surface area contributed by atoms with Gasteiger partial charge in [0.15, 0.2) is 0 Å². The molecule has 20 heavy (non-hydrogen) atoms. The fourth-order valence-electron chi connectivity index (χ4n) is 3.05. The molecular formula is C16H19FN2S. The molecule has 0 aliphatic carbocycles. The predicted molar refractivity (Wildman–Crippen MR) is 81.2 cm³/mol. The van der Waals surface area contributed by atoms with Crippen molar-refractivity contribution in [3.8, 4) is 0 Å². The van der Waals surface area contributed by atoms with Gasteiger partial charge in [-0.1, -0.05) is 12.1 Å². The Morgan fingerprint density at radius 1 is 1.35 bits per heavy atom. The summed E-state index contributed by atoms with van der Waals surface area (Å²) in [5.41, 5.74) is 8.55. The number of nitrogens with two attached hydrogens (primary N) is 1. The lowest BCUT2D eigenvalue weighted by atomic mass is 9.96. The van der Waals surface area contributed by atoms with E-state index in [-0.39, 0.29) is 17.9 Å². The van der Waals surface area contributed by atoms with Crippen LogP contribution in [-0.4, -0.2) is 17.5 Å². The van der Waals surface area contributed by atoms with Crippen LogP contribution >= 0.6 is 11.3 Å². The van der Waals surface area contributed by atoms with Crippen molar-refractivity contribution in [3.05, 3.63) is 57.5 Å². The van der Waals surface area contributed by atoms with Gasteiger partial charge in [0.05, 0.1) is 6.04 Å². The molecule has 0 radical (unpaired) electrons. The smallest absolute Gasteiger partial charge is 0.123 e. The second-order valence-electron chi connectivity index (χ2n) is 5.45. The van der Waals surface area contributed by atoms with Crippen LogP contribution < -0.4 is 5.73 Å². The number of hydrogen-bond donors (Lipinski definition) is 1. The van der Waals surface area contributed by atoms with E-state index >= 15 is 0 Å². The van der Waals surface area contributed by atoms with Crippen LogP contribution in [0, 0.1) is 5.82 Å². The largest absolute Gasteiger partial charge is 0.326 e. The van der Waals surface area contributed by atoms with Crippen LogP contribution in [0.1, 0.15) is 29.0 Å². The fraction of sp³-hybridized carbons (Fsp3) is 0.375. The molecule has 1 aromatic carbocycles. The molecule has 2 atom stereocenters. The molecular weight excluding hydrogens is 271 g/mol. The fourth-order valence-corrected chi connectivity index (χ4v) is 3.93. The summed E-state index contributed by atoms with van der Waals surface area (Å²) in [7, 11) is 0. The van der Waals surface area contributed by atoms with Crippen molar-refractivity contribution in [1.82, 2.24) is 4.90 Å². The van der Waals surface area contributed by atoms with Crippen molar-refractivity contribution >= 4 is 11.3 Å². The maximum Gasteiger partial charge on any atom is 0.123 e. The standard InChI is InChI=1S/C16H19FN2S/c1-11(18)16(12-3-2-4-14(17)9-12)19-7-5-15-13(10-19)6-8-20-15/h2-4,6,8-9,11,16H,5,7,10,18H2,1H3. The molecule has 2 nitrogen and oxygen atoms in total. The highest BCUT2D eigenvalue weighted by molar-refractivity contribution is 7.10. The number of rotatable bonds is 3. The maximum atomic E-state index is 13.5. The lowest BCUT2D eigenvalue weighted by molar-refractivity contribution is 0.160. The molecule has 2 unspecified atom stereocenters. The summed E-state index contributed by atoms with van der Waals surface area (Å²) < 4.78 is 13.5. The molecule has 2 N–H and O–H groups in total. The van der Waals surface area contributed by atoms with E-state index in [1.807, 2.05) is 24.3 Å². The molecule has 0 fully saturated rings. The van der Waals surface area contributed by atoms with Crippen molar-refractivity contribution in [2.24, 2.45) is 5.73 Å². The van der Waals surface area contributed by atoms with E-state index in [2.05, 4.69) is 16.3 Å². The van der Waals surface area contributed by atoms with Crippen molar-refractivity contribution in [3.63, 3.8) is 0 Å². The minimum atomic E-state index is -0.193. The van der Waals surface area contributed by atoms with Crippen LogP contribution in [0.15, 0.2) is 35.7 Å². The lowest BCUT2D eigenvalue weighted by Gasteiger charge is -2.37. The van der Waals surface area contributed by atoms with Crippen molar-refractivity contribution in [1.29, 1.82) is 0 Å². The van der Waals surface area contributed by atoms with E-state index in [9.17, 15) is 4.39 Å². The molecule has 106 valence electrons. The second-order valence-corrected chi connectivity index (χ2v) is 6.45. The SMILES string of the molecule is CC(N)C(c1cccc(F)c1)N1CCc2sccc2C1. The average molecular weight is 290 g/mol. The summed E-state index contributed by atoms with van der Waals surface area (Å²) in [6, 6.07) is 9.05. The minimum Gasteiger partial charge on any atom is -0.326 e. The second kappa shape index (κ2) is 5.64. The summed E-state index contributed by atoms with van der Waals surface area (Å²) >= 11 is 1.83. The number of benzene rings is 1. The zero-order valence-corrected chi connectivity index (χ0v) is 12.4. The normalized spacial score (nSPS) is 18.6. The predicted octanol–water partition coefficient (Wildman–Crippen LogP) is 3.33. The van der Waals surface area contributed by atoms with Gasteiger partial charge in [-0.15, -0.1) is 11.3 Å². The number of fused-ring (bicyclic) bond motifs is 1. The Bertz CT molecular complexity index is 594. The van der Waals surface area contributed by atoms with Gasteiger partial charge in [-0.25, -0.2) is 4.39 Å². The molecule has 0 saturated heterocycles. The molecule has 1 aliphatic heterocycles. The Hall–Kier alpha value is -1.23. The Labute approximate surface area is 123 Å². The first kappa shape index (κ1) is 13.7. The van der Waals surface area contributed by atoms with E-state index < -0.39 is 0 Å². The summed E-state index contributed by atoms with van der Waals surface area (Å²) in [4.78, 5) is 3.85. The van der Waals surface area contributed by atoms with Crippen LogP contribution in [0.25, 0.3) is 0 Å². The summed E-state index contributed by atoms with van der Waals surface area (Å²) in [5.74, 6) is -0.193. The van der Waals surface area contributed by atoms with E-state index in [1.54, 1.807) is 12.1 Å². The first-order chi connectivity index (χ1) is 9.65. The molecule has 2 heterocycles. The first-order valence-electron chi connectivity index (χ1n) is 6.95. The molecule has 2 aromatic rings. The zero-order chi connectivity index (χ0) is 14.1. The van der Waals surface area contributed by atoms with Gasteiger partial charge in [0, 0.05) is 24.0 Å². The highest BCUT2D eigenvalue weighted by Crippen LogP contribution is 2.31. The number of nitrogens with zero attached hydrogens (tertiary/aromatic N) is 1. The van der Waals surface area contributed by atoms with Gasteiger partial charge in [0.1, 0.15) is 5.82 Å². The summed E-state index contributed by atoms with van der Waals surface area (Å²) in [5, 5.41) is 2.15. The topological polar surface area (TPSA) is 29.3 Å². The highest BCUT2D eigenvalue weighted by Gasteiger charge is 2.28. The van der Waals surface area contributed by atoms with Crippen molar-refractivity contribution in [2.75, 3.05) is 6.54 Å². The quantitative estimate of drug-likeness (QED) is 0.939. The van der Waals surface area contributed by atoms with Gasteiger partial charge in [-0.2, -0.15) is 0 Å². The first-order valence-corrected chi connectivity index (χ1v) is 7.83. The van der Waals surface area contributed by atoms with Crippen molar-refractivity contribution in [2.45, 2.75) is 32.0 Å². The van der Waals surface area contributed by atoms with E-state index in [0.29, 0.717) is 0 Å². The van der Waals surface area contributed by atoms with Crippen LogP contribution in [0.5, 0.6) is 0 Å². The Kier molecular flexibility index (Phi) is 3.87. The molecule has 3 rings (SSSR count). The van der Waals surface area contributed by atoms with Crippen LogP contribution in [0.2, 0.25) is 0 Å². The Morgan fingerprint density at radius 2 is 2.20 bits per heavy atom. The third kappa shape index (κ3) is 2.64. The molecule has 1 aromatic heterocycles. The number of halogens is 1. The third-order valence-electron chi connectivity index (χ3n) is 3.92. The van der Waals surface area contributed by atoms with Crippen LogP contribution in [-0.2, 0) is 13.0 Å². The van der Waals surface area contributed by atoms with Crippen molar-refractivity contribution < 1.29 is 4.39 Å². The lowest BCUT2D eigenvalue weighted by Crippen LogP contribution is -2.41. The van der Waals surface area contributed by atoms with Gasteiger partial charge in [0.25, 0.3) is 0 Å². The average Bonchev–Trinajstić information content (AvgIpc) is 2.86.